The summed E-state index contributed by atoms with van der Waals surface area (Å²) >= 11 is 0. The van der Waals surface area contributed by atoms with E-state index in [0.717, 1.165) is 11.1 Å². The molecule has 0 N–H and O–H groups in total. The van der Waals surface area contributed by atoms with Crippen LogP contribution in [0.1, 0.15) is 43.1 Å². The van der Waals surface area contributed by atoms with Crippen molar-refractivity contribution in [2.24, 2.45) is 0 Å². The molecule has 0 saturated carbocycles. The van der Waals surface area contributed by atoms with Crippen molar-refractivity contribution in [1.82, 2.24) is 0 Å². The predicted molar refractivity (Wildman–Crippen MR) is 82.6 cm³/mol. The topological polar surface area (TPSA) is 17.1 Å². The van der Waals surface area contributed by atoms with Crippen molar-refractivity contribution in [2.45, 2.75) is 34.1 Å². The molecule has 2 aromatic carbocycles. The molecule has 100 valence electrons. The molecule has 0 amide bonds. The van der Waals surface area contributed by atoms with Crippen LogP contribution in [0.25, 0.3) is 11.1 Å². The van der Waals surface area contributed by atoms with E-state index in [1.165, 1.54) is 11.1 Å². The van der Waals surface area contributed by atoms with E-state index in [2.05, 4.69) is 31.2 Å². The average Bonchev–Trinajstić information content (AvgIpc) is 2.49. The highest BCUT2D eigenvalue weighted by molar-refractivity contribution is 5.96. The Bertz CT molecular complexity index is 506. The summed E-state index contributed by atoms with van der Waals surface area (Å²) in [7, 11) is 0. The lowest BCUT2D eigenvalue weighted by Crippen LogP contribution is -1.95. The van der Waals surface area contributed by atoms with Crippen LogP contribution in [-0.4, -0.2) is 5.78 Å². The fourth-order valence-electron chi connectivity index (χ4n) is 1.80. The number of carbonyl (C=O) groups is 1. The molecule has 0 saturated heterocycles. The smallest absolute Gasteiger partial charge is 0.162 e. The zero-order chi connectivity index (χ0) is 14.3. The fourth-order valence-corrected chi connectivity index (χ4v) is 1.80. The molecule has 0 spiro atoms. The molecule has 0 unspecified atom stereocenters. The highest BCUT2D eigenvalue weighted by atomic mass is 16.1. The van der Waals surface area contributed by atoms with Crippen molar-refractivity contribution in [2.75, 3.05) is 0 Å². The minimum Gasteiger partial charge on any atom is -0.294 e. The maximum absolute atomic E-state index is 11.5. The molecule has 0 bridgehead atoms. The van der Waals surface area contributed by atoms with Gasteiger partial charge in [-0.15, -0.1) is 0 Å². The van der Waals surface area contributed by atoms with Crippen LogP contribution in [0.15, 0.2) is 48.5 Å². The van der Waals surface area contributed by atoms with Crippen molar-refractivity contribution in [3.8, 4) is 11.1 Å². The zero-order valence-electron chi connectivity index (χ0n) is 12.2. The molecule has 1 heteroatoms. The van der Waals surface area contributed by atoms with Gasteiger partial charge in [-0.05, 0) is 18.1 Å². The number of hydrogen-bond donors (Lipinski definition) is 0. The quantitative estimate of drug-likeness (QED) is 0.681. The van der Waals surface area contributed by atoms with Crippen molar-refractivity contribution >= 4 is 5.78 Å². The zero-order valence-corrected chi connectivity index (χ0v) is 12.2. The summed E-state index contributed by atoms with van der Waals surface area (Å²) in [6, 6.07) is 16.2. The van der Waals surface area contributed by atoms with Crippen LogP contribution in [-0.2, 0) is 0 Å². The Labute approximate surface area is 116 Å². The van der Waals surface area contributed by atoms with E-state index in [9.17, 15) is 4.79 Å². The molecule has 19 heavy (non-hydrogen) atoms. The molecule has 0 atom stereocenters. The Kier molecular flexibility index (Phi) is 6.01. The first-order valence-electron chi connectivity index (χ1n) is 6.91. The summed E-state index contributed by atoms with van der Waals surface area (Å²) in [6.07, 6.45) is 0.559. The number of Topliss-reactive ketones (excluding diaryl/α,β-unsaturated/α-hetero) is 1. The average molecular weight is 254 g/mol. The van der Waals surface area contributed by atoms with Gasteiger partial charge in [-0.3, -0.25) is 4.79 Å². The van der Waals surface area contributed by atoms with E-state index in [-0.39, 0.29) is 5.78 Å². The lowest BCUT2D eigenvalue weighted by atomic mass is 10.0. The standard InChI is InChI=1S/C16H16O.C2H6/c1-3-16(17)15-10-8-14(9-11-15)13-6-4-12(2)5-7-13;1-2/h4-11H,3H2,1-2H3;1-2H3. The molecule has 0 radical (unpaired) electrons. The van der Waals surface area contributed by atoms with E-state index in [4.69, 9.17) is 0 Å². The molecule has 2 aromatic rings. The predicted octanol–water partition coefficient (Wildman–Crippen LogP) is 5.28. The number of hydrogen-bond acceptors (Lipinski definition) is 1. The van der Waals surface area contributed by atoms with Gasteiger partial charge in [-0.2, -0.15) is 0 Å². The third-order valence-electron chi connectivity index (χ3n) is 2.91. The fraction of sp³-hybridized carbons (Fsp3) is 0.278. The van der Waals surface area contributed by atoms with Gasteiger partial charge < -0.3 is 0 Å². The van der Waals surface area contributed by atoms with Gasteiger partial charge in [0.2, 0.25) is 0 Å². The molecule has 0 heterocycles. The normalized spacial score (nSPS) is 9.47. The number of ketones is 1. The van der Waals surface area contributed by atoms with Gasteiger partial charge in [0, 0.05) is 12.0 Å². The van der Waals surface area contributed by atoms with Gasteiger partial charge in [0.15, 0.2) is 5.78 Å². The van der Waals surface area contributed by atoms with Gasteiger partial charge >= 0.3 is 0 Å². The van der Waals surface area contributed by atoms with Gasteiger partial charge in [-0.25, -0.2) is 0 Å². The maximum Gasteiger partial charge on any atom is 0.162 e. The van der Waals surface area contributed by atoms with Crippen LogP contribution in [0.4, 0.5) is 0 Å². The van der Waals surface area contributed by atoms with E-state index >= 15 is 0 Å². The van der Waals surface area contributed by atoms with E-state index in [1.54, 1.807) is 0 Å². The molecule has 1 nitrogen and oxygen atoms in total. The molecule has 0 fully saturated rings. The monoisotopic (exact) mass is 254 g/mol. The lowest BCUT2D eigenvalue weighted by molar-refractivity contribution is 0.0988. The Balaban J connectivity index is 0.000000861. The molecule has 0 aromatic heterocycles. The number of rotatable bonds is 3. The summed E-state index contributed by atoms with van der Waals surface area (Å²) in [5.74, 6) is 0.195. The van der Waals surface area contributed by atoms with Gasteiger partial charge in [-0.1, -0.05) is 74.9 Å². The van der Waals surface area contributed by atoms with E-state index < -0.39 is 0 Å². The second kappa shape index (κ2) is 7.52. The molecular formula is C18H22O. The first-order valence-corrected chi connectivity index (χ1v) is 6.91. The molecule has 0 aliphatic carbocycles. The first kappa shape index (κ1) is 15.2. The Morgan fingerprint density at radius 3 is 1.68 bits per heavy atom. The molecule has 0 aliphatic rings. The minimum absolute atomic E-state index is 0.195. The molecular weight excluding hydrogens is 232 g/mol. The maximum atomic E-state index is 11.5. The third kappa shape index (κ3) is 4.06. The summed E-state index contributed by atoms with van der Waals surface area (Å²) in [5.41, 5.74) is 4.39. The highest BCUT2D eigenvalue weighted by Crippen LogP contribution is 2.20. The van der Waals surface area contributed by atoms with Crippen molar-refractivity contribution in [1.29, 1.82) is 0 Å². The van der Waals surface area contributed by atoms with Crippen molar-refractivity contribution in [3.05, 3.63) is 59.7 Å². The second-order valence-corrected chi connectivity index (χ2v) is 4.22. The van der Waals surface area contributed by atoms with Crippen LogP contribution in [0.3, 0.4) is 0 Å². The Hall–Kier alpha value is -1.89. The van der Waals surface area contributed by atoms with E-state index in [1.807, 2.05) is 45.0 Å². The Morgan fingerprint density at radius 2 is 1.26 bits per heavy atom. The van der Waals surface area contributed by atoms with Crippen molar-refractivity contribution in [3.63, 3.8) is 0 Å². The first-order chi connectivity index (χ1) is 9.20. The summed E-state index contributed by atoms with van der Waals surface area (Å²) in [4.78, 5) is 11.5. The van der Waals surface area contributed by atoms with Crippen LogP contribution in [0.5, 0.6) is 0 Å². The SMILES string of the molecule is CC.CCC(=O)c1ccc(-c2ccc(C)cc2)cc1. The number of carbonyl (C=O) groups excluding carboxylic acids is 1. The van der Waals surface area contributed by atoms with Gasteiger partial charge in [0.05, 0.1) is 0 Å². The lowest BCUT2D eigenvalue weighted by Gasteiger charge is -2.03. The molecule has 2 rings (SSSR count). The van der Waals surface area contributed by atoms with Gasteiger partial charge in [0.25, 0.3) is 0 Å². The van der Waals surface area contributed by atoms with Crippen LogP contribution in [0.2, 0.25) is 0 Å². The summed E-state index contributed by atoms with van der Waals surface area (Å²) in [5, 5.41) is 0. The number of benzene rings is 2. The Morgan fingerprint density at radius 1 is 0.842 bits per heavy atom. The second-order valence-electron chi connectivity index (χ2n) is 4.22. The highest BCUT2D eigenvalue weighted by Gasteiger charge is 2.03. The van der Waals surface area contributed by atoms with Crippen molar-refractivity contribution < 1.29 is 4.79 Å². The van der Waals surface area contributed by atoms with Crippen LogP contribution >= 0.6 is 0 Å². The summed E-state index contributed by atoms with van der Waals surface area (Å²) in [6.45, 7) is 7.96. The largest absolute Gasteiger partial charge is 0.294 e. The third-order valence-corrected chi connectivity index (χ3v) is 2.91. The van der Waals surface area contributed by atoms with E-state index in [0.29, 0.717) is 6.42 Å². The van der Waals surface area contributed by atoms with Gasteiger partial charge in [0.1, 0.15) is 0 Å². The summed E-state index contributed by atoms with van der Waals surface area (Å²) < 4.78 is 0. The molecule has 0 aliphatic heterocycles. The van der Waals surface area contributed by atoms with Crippen LogP contribution in [0, 0.1) is 6.92 Å². The minimum atomic E-state index is 0.195. The van der Waals surface area contributed by atoms with Crippen LogP contribution < -0.4 is 0 Å². The number of aryl methyl sites for hydroxylation is 1.